The number of hydrogen-bond donors (Lipinski definition) is 1. The Hall–Kier alpha value is -1.26. The van der Waals surface area contributed by atoms with Crippen LogP contribution in [0.15, 0.2) is 24.3 Å². The van der Waals surface area contributed by atoms with Gasteiger partial charge in [-0.15, -0.1) is 0 Å². The van der Waals surface area contributed by atoms with Crippen molar-refractivity contribution in [3.63, 3.8) is 0 Å². The largest absolute Gasteiger partial charge is 0.497 e. The molecule has 0 radical (unpaired) electrons. The Labute approximate surface area is 121 Å². The highest BCUT2D eigenvalue weighted by Crippen LogP contribution is 2.23. The van der Waals surface area contributed by atoms with Crippen molar-refractivity contribution in [2.24, 2.45) is 0 Å². The molecule has 1 fully saturated rings. The van der Waals surface area contributed by atoms with Gasteiger partial charge in [0.15, 0.2) is 0 Å². The number of likely N-dealkylation sites (tertiary alicyclic amines) is 1. The molecular formula is C16H25NO3. The lowest BCUT2D eigenvalue weighted by Gasteiger charge is -2.39. The predicted molar refractivity (Wildman–Crippen MR) is 79.4 cm³/mol. The smallest absolute Gasteiger partial charge is 0.123 e. The van der Waals surface area contributed by atoms with Crippen molar-refractivity contribution in [2.75, 3.05) is 26.9 Å². The molecule has 1 saturated heterocycles. The maximum Gasteiger partial charge on any atom is 0.123 e. The zero-order valence-corrected chi connectivity index (χ0v) is 12.4. The second kappa shape index (κ2) is 7.50. The van der Waals surface area contributed by atoms with E-state index in [9.17, 15) is 5.11 Å². The van der Waals surface area contributed by atoms with Gasteiger partial charge in [-0.1, -0.05) is 12.5 Å². The lowest BCUT2D eigenvalue weighted by molar-refractivity contribution is 0.0410. The van der Waals surface area contributed by atoms with E-state index in [1.165, 1.54) is 12.8 Å². The van der Waals surface area contributed by atoms with Crippen molar-refractivity contribution in [1.82, 2.24) is 4.90 Å². The summed E-state index contributed by atoms with van der Waals surface area (Å²) in [7, 11) is 1.65. The molecule has 1 aromatic carbocycles. The first-order valence-electron chi connectivity index (χ1n) is 7.38. The van der Waals surface area contributed by atoms with E-state index >= 15 is 0 Å². The molecule has 1 aliphatic heterocycles. The Balaban J connectivity index is 1.84. The Morgan fingerprint density at radius 2 is 2.10 bits per heavy atom. The Bertz CT molecular complexity index is 410. The highest BCUT2D eigenvalue weighted by atomic mass is 16.5. The average Bonchev–Trinajstić information content (AvgIpc) is 2.49. The number of aliphatic hydroxyl groups is 1. The Kier molecular flexibility index (Phi) is 5.68. The molecule has 2 atom stereocenters. The summed E-state index contributed by atoms with van der Waals surface area (Å²) < 4.78 is 11.0. The molecule has 20 heavy (non-hydrogen) atoms. The SMILES string of the molecule is COc1cccc(OCCN2C(C)CCCC2CO)c1. The third kappa shape index (κ3) is 3.87. The normalized spacial score (nSPS) is 23.6. The quantitative estimate of drug-likeness (QED) is 0.867. The molecule has 1 N–H and O–H groups in total. The van der Waals surface area contributed by atoms with Gasteiger partial charge in [0.05, 0.1) is 13.7 Å². The minimum atomic E-state index is 0.240. The Morgan fingerprint density at radius 1 is 1.30 bits per heavy atom. The van der Waals surface area contributed by atoms with Crippen LogP contribution < -0.4 is 9.47 Å². The molecule has 0 bridgehead atoms. The standard InChI is InChI=1S/C16H25NO3/c1-13-5-3-6-14(12-18)17(13)9-10-20-16-8-4-7-15(11-16)19-2/h4,7-8,11,13-14,18H,3,5-6,9-10,12H2,1-2H3. The minimum absolute atomic E-state index is 0.240. The van der Waals surface area contributed by atoms with E-state index in [2.05, 4.69) is 11.8 Å². The number of methoxy groups -OCH3 is 1. The number of rotatable bonds is 6. The van der Waals surface area contributed by atoms with E-state index in [0.717, 1.165) is 24.5 Å². The fourth-order valence-electron chi connectivity index (χ4n) is 2.90. The van der Waals surface area contributed by atoms with Gasteiger partial charge in [0.25, 0.3) is 0 Å². The summed E-state index contributed by atoms with van der Waals surface area (Å²) in [5.41, 5.74) is 0. The molecule has 1 heterocycles. The first kappa shape index (κ1) is 15.1. The van der Waals surface area contributed by atoms with Crippen molar-refractivity contribution in [2.45, 2.75) is 38.3 Å². The number of benzene rings is 1. The van der Waals surface area contributed by atoms with Crippen molar-refractivity contribution < 1.29 is 14.6 Å². The highest BCUT2D eigenvalue weighted by Gasteiger charge is 2.26. The second-order valence-corrected chi connectivity index (χ2v) is 5.38. The molecule has 0 saturated carbocycles. The fourth-order valence-corrected chi connectivity index (χ4v) is 2.90. The molecule has 1 aromatic rings. The summed E-state index contributed by atoms with van der Waals surface area (Å²) in [6.45, 7) is 3.95. The van der Waals surface area contributed by atoms with Gasteiger partial charge >= 0.3 is 0 Å². The van der Waals surface area contributed by atoms with Crippen LogP contribution in [-0.2, 0) is 0 Å². The van der Waals surface area contributed by atoms with Crippen LogP contribution in [0.4, 0.5) is 0 Å². The summed E-state index contributed by atoms with van der Waals surface area (Å²) in [5, 5.41) is 9.46. The van der Waals surface area contributed by atoms with Gasteiger partial charge in [-0.05, 0) is 31.9 Å². The van der Waals surface area contributed by atoms with Gasteiger partial charge in [-0.2, -0.15) is 0 Å². The van der Waals surface area contributed by atoms with Crippen molar-refractivity contribution in [1.29, 1.82) is 0 Å². The molecule has 4 nitrogen and oxygen atoms in total. The van der Waals surface area contributed by atoms with Gasteiger partial charge in [0.2, 0.25) is 0 Å². The molecule has 112 valence electrons. The minimum Gasteiger partial charge on any atom is -0.497 e. The summed E-state index contributed by atoms with van der Waals surface area (Å²) in [6.07, 6.45) is 3.50. The lowest BCUT2D eigenvalue weighted by atomic mass is 9.97. The third-order valence-corrected chi connectivity index (χ3v) is 4.06. The first-order chi connectivity index (χ1) is 9.74. The van der Waals surface area contributed by atoms with E-state index in [1.54, 1.807) is 7.11 Å². The molecular weight excluding hydrogens is 254 g/mol. The summed E-state index contributed by atoms with van der Waals surface area (Å²) >= 11 is 0. The van der Waals surface area contributed by atoms with E-state index in [1.807, 2.05) is 24.3 Å². The summed E-state index contributed by atoms with van der Waals surface area (Å²) in [4.78, 5) is 2.36. The van der Waals surface area contributed by atoms with Crippen LogP contribution in [0.25, 0.3) is 0 Å². The van der Waals surface area contributed by atoms with Gasteiger partial charge in [0, 0.05) is 24.7 Å². The van der Waals surface area contributed by atoms with Crippen LogP contribution in [0.3, 0.4) is 0 Å². The van der Waals surface area contributed by atoms with Crippen LogP contribution in [0, 0.1) is 0 Å². The number of piperidine rings is 1. The van der Waals surface area contributed by atoms with E-state index in [0.29, 0.717) is 12.6 Å². The van der Waals surface area contributed by atoms with Gasteiger partial charge in [0.1, 0.15) is 18.1 Å². The predicted octanol–water partition coefficient (Wildman–Crippen LogP) is 2.31. The fraction of sp³-hybridized carbons (Fsp3) is 0.625. The van der Waals surface area contributed by atoms with Gasteiger partial charge in [-0.25, -0.2) is 0 Å². The number of ether oxygens (including phenoxy) is 2. The van der Waals surface area contributed by atoms with Crippen molar-refractivity contribution >= 4 is 0 Å². The summed E-state index contributed by atoms with van der Waals surface area (Å²) in [5.74, 6) is 1.64. The zero-order chi connectivity index (χ0) is 14.4. The second-order valence-electron chi connectivity index (χ2n) is 5.38. The highest BCUT2D eigenvalue weighted by molar-refractivity contribution is 5.32. The molecule has 0 aliphatic carbocycles. The maximum atomic E-state index is 9.46. The molecule has 2 rings (SSSR count). The van der Waals surface area contributed by atoms with Crippen LogP contribution >= 0.6 is 0 Å². The monoisotopic (exact) mass is 279 g/mol. The van der Waals surface area contributed by atoms with Gasteiger partial charge in [-0.3, -0.25) is 4.90 Å². The lowest BCUT2D eigenvalue weighted by Crippen LogP contribution is -2.48. The zero-order valence-electron chi connectivity index (χ0n) is 12.4. The average molecular weight is 279 g/mol. The number of nitrogens with zero attached hydrogens (tertiary/aromatic N) is 1. The van der Waals surface area contributed by atoms with Crippen LogP contribution in [0.5, 0.6) is 11.5 Å². The van der Waals surface area contributed by atoms with Crippen LogP contribution in [-0.4, -0.2) is 49.0 Å². The van der Waals surface area contributed by atoms with Crippen LogP contribution in [0.2, 0.25) is 0 Å². The molecule has 4 heteroatoms. The molecule has 0 aromatic heterocycles. The van der Waals surface area contributed by atoms with E-state index < -0.39 is 0 Å². The van der Waals surface area contributed by atoms with Gasteiger partial charge < -0.3 is 14.6 Å². The van der Waals surface area contributed by atoms with Crippen LogP contribution in [0.1, 0.15) is 26.2 Å². The number of hydrogen-bond acceptors (Lipinski definition) is 4. The first-order valence-corrected chi connectivity index (χ1v) is 7.38. The topological polar surface area (TPSA) is 41.9 Å². The number of aliphatic hydroxyl groups excluding tert-OH is 1. The summed E-state index contributed by atoms with van der Waals surface area (Å²) in [6, 6.07) is 8.46. The molecule has 0 spiro atoms. The van der Waals surface area contributed by atoms with E-state index in [-0.39, 0.29) is 12.6 Å². The third-order valence-electron chi connectivity index (χ3n) is 4.06. The van der Waals surface area contributed by atoms with Crippen molar-refractivity contribution in [3.05, 3.63) is 24.3 Å². The molecule has 2 unspecified atom stereocenters. The molecule has 0 amide bonds. The van der Waals surface area contributed by atoms with Crippen molar-refractivity contribution in [3.8, 4) is 11.5 Å². The maximum absolute atomic E-state index is 9.46. The van der Waals surface area contributed by atoms with E-state index in [4.69, 9.17) is 9.47 Å². The molecule has 1 aliphatic rings. The Morgan fingerprint density at radius 3 is 2.85 bits per heavy atom.